The summed E-state index contributed by atoms with van der Waals surface area (Å²) in [6.45, 7) is 5.63. The van der Waals surface area contributed by atoms with Gasteiger partial charge in [0.2, 0.25) is 5.91 Å². The van der Waals surface area contributed by atoms with Gasteiger partial charge in [-0.05, 0) is 24.7 Å². The van der Waals surface area contributed by atoms with Gasteiger partial charge in [-0.1, -0.05) is 12.1 Å². The maximum atomic E-state index is 12.0. The number of hydrogen-bond acceptors (Lipinski definition) is 5. The van der Waals surface area contributed by atoms with Crippen LogP contribution in [0.5, 0.6) is 0 Å². The Bertz CT molecular complexity index is 511. The van der Waals surface area contributed by atoms with Crippen LogP contribution in [0, 0.1) is 0 Å². The van der Waals surface area contributed by atoms with Crippen LogP contribution < -0.4 is 11.1 Å². The van der Waals surface area contributed by atoms with E-state index in [9.17, 15) is 4.79 Å². The van der Waals surface area contributed by atoms with Crippen LogP contribution in [0.1, 0.15) is 12.0 Å². The van der Waals surface area contributed by atoms with E-state index in [1.807, 2.05) is 18.2 Å². The maximum absolute atomic E-state index is 12.0. The van der Waals surface area contributed by atoms with Crippen molar-refractivity contribution in [1.29, 1.82) is 0 Å². The third-order valence-corrected chi connectivity index (χ3v) is 4.22. The molecule has 152 valence electrons. The first-order chi connectivity index (χ1) is 11.1. The standard InChI is InChI=1S/C17H28N4O2.3ClH/c1-20-6-8-21(9-7-20)13-14-4-3-5-15(10-14)19-17(22)11-16(12-18)23-2;;;/h3-5,10,16H,6-9,11-13,18H2,1-2H3,(H,19,22);3*1H. The molecular weight excluding hydrogens is 399 g/mol. The molecule has 1 aliphatic rings. The van der Waals surface area contributed by atoms with E-state index in [0.29, 0.717) is 6.54 Å². The largest absolute Gasteiger partial charge is 0.380 e. The first-order valence-corrected chi connectivity index (χ1v) is 8.13. The summed E-state index contributed by atoms with van der Waals surface area (Å²) in [5.41, 5.74) is 7.59. The van der Waals surface area contributed by atoms with Crippen molar-refractivity contribution >= 4 is 48.8 Å². The number of rotatable bonds is 7. The lowest BCUT2D eigenvalue weighted by Gasteiger charge is -2.32. The fourth-order valence-electron chi connectivity index (χ4n) is 2.69. The van der Waals surface area contributed by atoms with Crippen LogP contribution in [0.3, 0.4) is 0 Å². The van der Waals surface area contributed by atoms with Crippen LogP contribution in [-0.2, 0) is 16.1 Å². The van der Waals surface area contributed by atoms with Crippen molar-refractivity contribution in [3.05, 3.63) is 29.8 Å². The first kappa shape index (κ1) is 27.6. The summed E-state index contributed by atoms with van der Waals surface area (Å²) in [5.74, 6) is -0.0703. The van der Waals surface area contributed by atoms with E-state index in [0.717, 1.165) is 38.4 Å². The maximum Gasteiger partial charge on any atom is 0.227 e. The van der Waals surface area contributed by atoms with E-state index < -0.39 is 0 Å². The molecule has 1 aromatic carbocycles. The molecule has 0 radical (unpaired) electrons. The molecule has 1 atom stereocenters. The van der Waals surface area contributed by atoms with E-state index in [-0.39, 0.29) is 55.7 Å². The summed E-state index contributed by atoms with van der Waals surface area (Å²) in [4.78, 5) is 16.8. The quantitative estimate of drug-likeness (QED) is 0.694. The van der Waals surface area contributed by atoms with Gasteiger partial charge in [0.05, 0.1) is 12.5 Å². The number of halogens is 3. The topological polar surface area (TPSA) is 70.8 Å². The highest BCUT2D eigenvalue weighted by molar-refractivity contribution is 5.91. The van der Waals surface area contributed by atoms with Crippen molar-refractivity contribution in [1.82, 2.24) is 9.80 Å². The van der Waals surface area contributed by atoms with Crippen molar-refractivity contribution in [2.45, 2.75) is 19.1 Å². The number of likely N-dealkylation sites (N-methyl/N-ethyl adjacent to an activating group) is 1. The van der Waals surface area contributed by atoms with Crippen LogP contribution in [0.2, 0.25) is 0 Å². The van der Waals surface area contributed by atoms with Crippen molar-refractivity contribution in [2.75, 3.05) is 52.2 Å². The molecule has 0 spiro atoms. The molecule has 9 heteroatoms. The number of ether oxygens (including phenoxy) is 1. The number of piperazine rings is 1. The van der Waals surface area contributed by atoms with Crippen LogP contribution in [0.15, 0.2) is 24.3 Å². The molecule has 1 aliphatic heterocycles. The highest BCUT2D eigenvalue weighted by atomic mass is 35.5. The number of anilines is 1. The average molecular weight is 430 g/mol. The molecule has 1 aromatic rings. The Morgan fingerprint density at radius 3 is 2.46 bits per heavy atom. The molecule has 1 unspecified atom stereocenters. The zero-order valence-corrected chi connectivity index (χ0v) is 17.8. The lowest BCUT2D eigenvalue weighted by molar-refractivity contribution is -0.118. The third kappa shape index (κ3) is 9.37. The Hall–Kier alpha value is -0.600. The first-order valence-electron chi connectivity index (χ1n) is 8.13. The molecule has 26 heavy (non-hydrogen) atoms. The molecule has 1 saturated heterocycles. The molecule has 0 saturated carbocycles. The number of amides is 1. The number of benzene rings is 1. The summed E-state index contributed by atoms with van der Waals surface area (Å²) >= 11 is 0. The zero-order valence-electron chi connectivity index (χ0n) is 15.3. The lowest BCUT2D eigenvalue weighted by Crippen LogP contribution is -2.43. The Balaban J connectivity index is 0. The van der Waals surface area contributed by atoms with Crippen LogP contribution >= 0.6 is 37.2 Å². The Labute approximate surface area is 175 Å². The van der Waals surface area contributed by atoms with Crippen molar-refractivity contribution < 1.29 is 9.53 Å². The van der Waals surface area contributed by atoms with Gasteiger partial charge >= 0.3 is 0 Å². The van der Waals surface area contributed by atoms with Gasteiger partial charge in [-0.2, -0.15) is 0 Å². The normalized spacial score (nSPS) is 15.8. The molecule has 6 nitrogen and oxygen atoms in total. The van der Waals surface area contributed by atoms with E-state index in [4.69, 9.17) is 10.5 Å². The van der Waals surface area contributed by atoms with Crippen LogP contribution in [0.25, 0.3) is 0 Å². The highest BCUT2D eigenvalue weighted by Crippen LogP contribution is 2.14. The van der Waals surface area contributed by atoms with E-state index in [1.165, 1.54) is 5.56 Å². The monoisotopic (exact) mass is 428 g/mol. The van der Waals surface area contributed by atoms with Gasteiger partial charge in [0.15, 0.2) is 0 Å². The smallest absolute Gasteiger partial charge is 0.227 e. The predicted molar refractivity (Wildman–Crippen MR) is 114 cm³/mol. The SMILES string of the molecule is COC(CN)CC(=O)Nc1cccc(CN2CCN(C)CC2)c1.Cl.Cl.Cl. The minimum Gasteiger partial charge on any atom is -0.380 e. The summed E-state index contributed by atoms with van der Waals surface area (Å²) < 4.78 is 5.14. The molecule has 0 aromatic heterocycles. The van der Waals surface area contributed by atoms with Crippen LogP contribution in [-0.4, -0.2) is 68.7 Å². The highest BCUT2D eigenvalue weighted by Gasteiger charge is 2.15. The number of methoxy groups -OCH3 is 1. The predicted octanol–water partition coefficient (Wildman–Crippen LogP) is 2.00. The van der Waals surface area contributed by atoms with E-state index in [2.05, 4.69) is 28.2 Å². The van der Waals surface area contributed by atoms with Gasteiger partial charge in [0, 0.05) is 52.1 Å². The molecule has 2 rings (SSSR count). The van der Waals surface area contributed by atoms with E-state index >= 15 is 0 Å². The van der Waals surface area contributed by atoms with Crippen molar-refractivity contribution in [3.8, 4) is 0 Å². The molecule has 1 amide bonds. The minimum absolute atomic E-state index is 0. The van der Waals surface area contributed by atoms with Crippen molar-refractivity contribution in [3.63, 3.8) is 0 Å². The molecule has 0 aliphatic carbocycles. The Morgan fingerprint density at radius 2 is 1.88 bits per heavy atom. The molecule has 1 fully saturated rings. The molecule has 3 N–H and O–H groups in total. The van der Waals surface area contributed by atoms with Gasteiger partial charge in [0.1, 0.15) is 0 Å². The molecule has 1 heterocycles. The Morgan fingerprint density at radius 1 is 1.23 bits per heavy atom. The van der Waals surface area contributed by atoms with Gasteiger partial charge in [-0.25, -0.2) is 0 Å². The van der Waals surface area contributed by atoms with Crippen molar-refractivity contribution in [2.24, 2.45) is 5.73 Å². The second-order valence-electron chi connectivity index (χ2n) is 6.13. The lowest BCUT2D eigenvalue weighted by atomic mass is 10.1. The summed E-state index contributed by atoms with van der Waals surface area (Å²) in [5, 5.41) is 2.92. The van der Waals surface area contributed by atoms with Crippen LogP contribution in [0.4, 0.5) is 5.69 Å². The average Bonchev–Trinajstić information content (AvgIpc) is 2.55. The summed E-state index contributed by atoms with van der Waals surface area (Å²) in [7, 11) is 3.73. The fraction of sp³-hybridized carbons (Fsp3) is 0.588. The summed E-state index contributed by atoms with van der Waals surface area (Å²) in [6, 6.07) is 8.04. The number of carbonyl (C=O) groups is 1. The Kier molecular flexibility index (Phi) is 15.4. The number of nitrogens with two attached hydrogens (primary N) is 1. The van der Waals surface area contributed by atoms with Gasteiger partial charge in [-0.3, -0.25) is 9.69 Å². The fourth-order valence-corrected chi connectivity index (χ4v) is 2.69. The second-order valence-corrected chi connectivity index (χ2v) is 6.13. The van der Waals surface area contributed by atoms with Gasteiger partial charge in [0.25, 0.3) is 0 Å². The number of nitrogens with zero attached hydrogens (tertiary/aromatic N) is 2. The zero-order chi connectivity index (χ0) is 16.7. The number of nitrogens with one attached hydrogen (secondary N) is 1. The summed E-state index contributed by atoms with van der Waals surface area (Å²) in [6.07, 6.45) is 0.0406. The van der Waals surface area contributed by atoms with E-state index in [1.54, 1.807) is 7.11 Å². The number of carbonyl (C=O) groups excluding carboxylic acids is 1. The third-order valence-electron chi connectivity index (χ3n) is 4.22. The second kappa shape index (κ2) is 14.5. The van der Waals surface area contributed by atoms with Gasteiger partial charge < -0.3 is 20.7 Å². The van der Waals surface area contributed by atoms with Gasteiger partial charge in [-0.15, -0.1) is 37.2 Å². The minimum atomic E-state index is -0.233. The molecule has 0 bridgehead atoms. The molecular formula is C17H31Cl3N4O2. The number of hydrogen-bond donors (Lipinski definition) is 2.